The van der Waals surface area contributed by atoms with Crippen LogP contribution in [0.3, 0.4) is 0 Å². The molecule has 6 nitrogen and oxygen atoms in total. The number of hydrogen-bond acceptors (Lipinski definition) is 4. The summed E-state index contributed by atoms with van der Waals surface area (Å²) in [7, 11) is 0. The van der Waals surface area contributed by atoms with Crippen LogP contribution in [0.25, 0.3) is 0 Å². The highest BCUT2D eigenvalue weighted by Gasteiger charge is 2.19. The van der Waals surface area contributed by atoms with Crippen LogP contribution in [0.1, 0.15) is 41.1 Å². The summed E-state index contributed by atoms with van der Waals surface area (Å²) in [5.74, 6) is -1.34. The molecule has 104 valence electrons. The monoisotopic (exact) mass is 266 g/mol. The average molecular weight is 266 g/mol. The van der Waals surface area contributed by atoms with Gasteiger partial charge in [-0.3, -0.25) is 4.79 Å². The second kappa shape index (κ2) is 6.84. The Kier molecular flexibility index (Phi) is 5.44. The molecule has 0 fully saturated rings. The lowest BCUT2D eigenvalue weighted by Gasteiger charge is -2.26. The van der Waals surface area contributed by atoms with Crippen LogP contribution in [-0.4, -0.2) is 51.2 Å². The summed E-state index contributed by atoms with van der Waals surface area (Å²) in [6, 6.07) is 2.76. The zero-order valence-corrected chi connectivity index (χ0v) is 11.0. The van der Waals surface area contributed by atoms with Gasteiger partial charge < -0.3 is 15.1 Å². The first-order valence-electron chi connectivity index (χ1n) is 6.08. The number of aromatic carboxylic acids is 1. The van der Waals surface area contributed by atoms with Gasteiger partial charge in [-0.25, -0.2) is 9.78 Å². The topological polar surface area (TPSA) is 90.7 Å². The lowest BCUT2D eigenvalue weighted by atomic mass is 10.2. The van der Waals surface area contributed by atoms with E-state index in [9.17, 15) is 9.59 Å². The van der Waals surface area contributed by atoms with Crippen molar-refractivity contribution >= 4 is 11.9 Å². The van der Waals surface area contributed by atoms with E-state index >= 15 is 0 Å². The van der Waals surface area contributed by atoms with Crippen molar-refractivity contribution in [2.24, 2.45) is 0 Å². The van der Waals surface area contributed by atoms with Crippen LogP contribution in [0, 0.1) is 0 Å². The molecule has 0 saturated heterocycles. The van der Waals surface area contributed by atoms with Gasteiger partial charge in [-0.2, -0.15) is 0 Å². The van der Waals surface area contributed by atoms with E-state index in [0.29, 0.717) is 18.5 Å². The lowest BCUT2D eigenvalue weighted by molar-refractivity contribution is 0.0675. The molecule has 19 heavy (non-hydrogen) atoms. The highest BCUT2D eigenvalue weighted by Crippen LogP contribution is 2.09. The van der Waals surface area contributed by atoms with Crippen molar-refractivity contribution in [2.75, 3.05) is 13.2 Å². The van der Waals surface area contributed by atoms with Gasteiger partial charge in [0, 0.05) is 25.4 Å². The van der Waals surface area contributed by atoms with Crippen LogP contribution in [-0.2, 0) is 0 Å². The standard InChI is InChI=1S/C13H18N2O4/c1-9(2)15(6-3-7-16)12(17)10-4-5-11(13(18)19)14-8-10/h4-5,8-9,16H,3,6-7H2,1-2H3,(H,18,19). The fraction of sp³-hybridized carbons (Fsp3) is 0.462. The summed E-state index contributed by atoms with van der Waals surface area (Å²) in [5.41, 5.74) is 0.250. The largest absolute Gasteiger partial charge is 0.477 e. The predicted octanol–water partition coefficient (Wildman–Crippen LogP) is 1.01. The molecule has 1 heterocycles. The highest BCUT2D eigenvalue weighted by atomic mass is 16.4. The maximum absolute atomic E-state index is 12.2. The number of hydrogen-bond donors (Lipinski definition) is 2. The molecule has 1 amide bonds. The fourth-order valence-corrected chi connectivity index (χ4v) is 1.65. The third-order valence-corrected chi connectivity index (χ3v) is 2.67. The maximum atomic E-state index is 12.2. The number of nitrogens with zero attached hydrogens (tertiary/aromatic N) is 2. The Labute approximate surface area is 111 Å². The van der Waals surface area contributed by atoms with Crippen molar-refractivity contribution in [1.82, 2.24) is 9.88 Å². The summed E-state index contributed by atoms with van der Waals surface area (Å²) in [4.78, 5) is 28.3. The van der Waals surface area contributed by atoms with Gasteiger partial charge in [0.25, 0.3) is 5.91 Å². The van der Waals surface area contributed by atoms with Crippen molar-refractivity contribution in [1.29, 1.82) is 0 Å². The van der Waals surface area contributed by atoms with Crippen molar-refractivity contribution in [3.8, 4) is 0 Å². The number of carbonyl (C=O) groups excluding carboxylic acids is 1. The minimum Gasteiger partial charge on any atom is -0.477 e. The first-order chi connectivity index (χ1) is 8.97. The van der Waals surface area contributed by atoms with Gasteiger partial charge in [-0.1, -0.05) is 0 Å². The van der Waals surface area contributed by atoms with E-state index in [4.69, 9.17) is 10.2 Å². The van der Waals surface area contributed by atoms with E-state index in [1.807, 2.05) is 13.8 Å². The van der Waals surface area contributed by atoms with E-state index in [0.717, 1.165) is 0 Å². The van der Waals surface area contributed by atoms with Gasteiger partial charge in [-0.05, 0) is 32.4 Å². The Morgan fingerprint density at radius 3 is 2.47 bits per heavy atom. The number of carboxylic acid groups (broad SMARTS) is 1. The van der Waals surface area contributed by atoms with Gasteiger partial charge in [0.2, 0.25) is 0 Å². The Hall–Kier alpha value is -1.95. The van der Waals surface area contributed by atoms with Crippen molar-refractivity contribution in [3.63, 3.8) is 0 Å². The molecule has 0 aliphatic rings. The van der Waals surface area contributed by atoms with Crippen LogP contribution in [0.5, 0.6) is 0 Å². The third kappa shape index (κ3) is 4.03. The lowest BCUT2D eigenvalue weighted by Crippen LogP contribution is -2.38. The fourth-order valence-electron chi connectivity index (χ4n) is 1.65. The SMILES string of the molecule is CC(C)N(CCCO)C(=O)c1ccc(C(=O)O)nc1. The maximum Gasteiger partial charge on any atom is 0.354 e. The number of carboxylic acids is 1. The molecule has 1 aromatic heterocycles. The molecule has 1 aromatic rings. The molecule has 0 aliphatic carbocycles. The molecule has 0 radical (unpaired) electrons. The van der Waals surface area contributed by atoms with Gasteiger partial charge in [0.05, 0.1) is 5.56 Å². The molecule has 0 aromatic carbocycles. The summed E-state index contributed by atoms with van der Waals surface area (Å²) >= 11 is 0. The summed E-state index contributed by atoms with van der Waals surface area (Å²) in [5, 5.41) is 17.6. The van der Waals surface area contributed by atoms with Crippen LogP contribution < -0.4 is 0 Å². The van der Waals surface area contributed by atoms with E-state index in [1.165, 1.54) is 18.3 Å². The highest BCUT2D eigenvalue weighted by molar-refractivity contribution is 5.95. The molecule has 0 unspecified atom stereocenters. The van der Waals surface area contributed by atoms with Crippen LogP contribution in [0.4, 0.5) is 0 Å². The number of rotatable bonds is 6. The van der Waals surface area contributed by atoms with Gasteiger partial charge in [0.1, 0.15) is 5.69 Å². The first kappa shape index (κ1) is 15.1. The van der Waals surface area contributed by atoms with Crippen LogP contribution >= 0.6 is 0 Å². The first-order valence-corrected chi connectivity index (χ1v) is 6.08. The van der Waals surface area contributed by atoms with E-state index in [-0.39, 0.29) is 24.2 Å². The Bertz CT molecular complexity index is 442. The van der Waals surface area contributed by atoms with Crippen molar-refractivity contribution < 1.29 is 19.8 Å². The molecular weight excluding hydrogens is 248 g/mol. The zero-order chi connectivity index (χ0) is 14.4. The van der Waals surface area contributed by atoms with Gasteiger partial charge >= 0.3 is 5.97 Å². The van der Waals surface area contributed by atoms with E-state index < -0.39 is 5.97 Å². The minimum atomic E-state index is -1.13. The molecule has 6 heteroatoms. The molecule has 0 aliphatic heterocycles. The summed E-state index contributed by atoms with van der Waals surface area (Å²) in [6.07, 6.45) is 1.77. The second-order valence-electron chi connectivity index (χ2n) is 4.41. The number of amides is 1. The molecule has 0 bridgehead atoms. The van der Waals surface area contributed by atoms with Crippen molar-refractivity contribution in [2.45, 2.75) is 26.3 Å². The Balaban J connectivity index is 2.87. The van der Waals surface area contributed by atoms with Crippen LogP contribution in [0.2, 0.25) is 0 Å². The molecule has 0 saturated carbocycles. The summed E-state index contributed by atoms with van der Waals surface area (Å²) in [6.45, 7) is 4.24. The zero-order valence-electron chi connectivity index (χ0n) is 11.0. The Morgan fingerprint density at radius 1 is 1.37 bits per heavy atom. The Morgan fingerprint density at radius 2 is 2.05 bits per heavy atom. The third-order valence-electron chi connectivity index (χ3n) is 2.67. The molecular formula is C13H18N2O4. The van der Waals surface area contributed by atoms with Crippen LogP contribution in [0.15, 0.2) is 18.3 Å². The number of aliphatic hydroxyl groups is 1. The second-order valence-corrected chi connectivity index (χ2v) is 4.41. The van der Waals surface area contributed by atoms with E-state index in [1.54, 1.807) is 4.90 Å². The molecule has 0 spiro atoms. The number of pyridine rings is 1. The number of aliphatic hydroxyl groups excluding tert-OH is 1. The normalized spacial score (nSPS) is 10.5. The molecule has 1 rings (SSSR count). The average Bonchev–Trinajstić information content (AvgIpc) is 2.38. The smallest absolute Gasteiger partial charge is 0.354 e. The number of carbonyl (C=O) groups is 2. The summed E-state index contributed by atoms with van der Waals surface area (Å²) < 4.78 is 0. The van der Waals surface area contributed by atoms with Crippen molar-refractivity contribution in [3.05, 3.63) is 29.6 Å². The minimum absolute atomic E-state index is 0.00167. The van der Waals surface area contributed by atoms with Gasteiger partial charge in [-0.15, -0.1) is 0 Å². The molecule has 0 atom stereocenters. The van der Waals surface area contributed by atoms with Gasteiger partial charge in [0.15, 0.2) is 0 Å². The number of aromatic nitrogens is 1. The van der Waals surface area contributed by atoms with E-state index in [2.05, 4.69) is 4.98 Å². The molecule has 2 N–H and O–H groups in total. The quantitative estimate of drug-likeness (QED) is 0.802. The predicted molar refractivity (Wildman–Crippen MR) is 69.1 cm³/mol.